The highest BCUT2D eigenvalue weighted by Crippen LogP contribution is 2.36. The third-order valence-corrected chi connectivity index (χ3v) is 3.36. The normalized spacial score (nSPS) is 13.8. The lowest BCUT2D eigenvalue weighted by atomic mass is 9.88. The maximum Gasteiger partial charge on any atom is 0.162 e. The lowest BCUT2D eigenvalue weighted by Crippen LogP contribution is -2.36. The highest BCUT2D eigenvalue weighted by molar-refractivity contribution is 5.29. The lowest BCUT2D eigenvalue weighted by molar-refractivity contribution is -0.0863. The summed E-state index contributed by atoms with van der Waals surface area (Å²) in [5.74, 6) is 0.514. The molecule has 0 amide bonds. The van der Waals surface area contributed by atoms with E-state index in [1.807, 2.05) is 20.8 Å². The molecule has 1 rings (SSSR count). The average molecular weight is 242 g/mol. The Morgan fingerprint density at radius 1 is 1.41 bits per heavy atom. The Bertz CT molecular complexity index is 337. The van der Waals surface area contributed by atoms with E-state index in [1.54, 1.807) is 10.9 Å². The van der Waals surface area contributed by atoms with Gasteiger partial charge in [0.25, 0.3) is 0 Å². The van der Waals surface area contributed by atoms with Crippen LogP contribution in [-0.4, -0.2) is 32.7 Å². The van der Waals surface area contributed by atoms with E-state index >= 15 is 0 Å². The molecule has 5 nitrogen and oxygen atoms in total. The van der Waals surface area contributed by atoms with E-state index in [4.69, 9.17) is 4.74 Å². The van der Waals surface area contributed by atoms with Gasteiger partial charge >= 0.3 is 0 Å². The number of aromatic nitrogens is 2. The first-order chi connectivity index (χ1) is 8.03. The van der Waals surface area contributed by atoms with Gasteiger partial charge in [-0.1, -0.05) is 13.8 Å². The Labute approximate surface area is 102 Å². The SMILES string of the molecule is CCn1ncc(OC)c1C(O)C(O)(CC)CC. The summed E-state index contributed by atoms with van der Waals surface area (Å²) in [6.45, 7) is 6.26. The van der Waals surface area contributed by atoms with Gasteiger partial charge in [-0.2, -0.15) is 5.10 Å². The lowest BCUT2D eigenvalue weighted by Gasteiger charge is -2.31. The minimum atomic E-state index is -1.14. The quantitative estimate of drug-likeness (QED) is 0.793. The summed E-state index contributed by atoms with van der Waals surface area (Å²) in [5, 5.41) is 24.9. The standard InChI is InChI=1S/C12H22N2O3/c1-5-12(16,6-2)11(15)10-9(17-4)8-13-14(10)7-3/h8,11,15-16H,5-7H2,1-4H3. The average Bonchev–Trinajstić information content (AvgIpc) is 2.79. The van der Waals surface area contributed by atoms with Crippen LogP contribution in [0.1, 0.15) is 45.4 Å². The van der Waals surface area contributed by atoms with E-state index in [-0.39, 0.29) is 0 Å². The van der Waals surface area contributed by atoms with Crippen molar-refractivity contribution in [3.05, 3.63) is 11.9 Å². The van der Waals surface area contributed by atoms with Crippen LogP contribution in [0.2, 0.25) is 0 Å². The van der Waals surface area contributed by atoms with Crippen LogP contribution in [0.3, 0.4) is 0 Å². The molecule has 0 radical (unpaired) electrons. The van der Waals surface area contributed by atoms with Crippen LogP contribution < -0.4 is 4.74 Å². The molecule has 1 aromatic heterocycles. The second-order valence-electron chi connectivity index (χ2n) is 4.13. The Balaban J connectivity index is 3.17. The molecule has 0 fully saturated rings. The van der Waals surface area contributed by atoms with Gasteiger partial charge in [0.05, 0.1) is 18.9 Å². The molecule has 2 N–H and O–H groups in total. The van der Waals surface area contributed by atoms with E-state index in [1.165, 1.54) is 7.11 Å². The second-order valence-corrected chi connectivity index (χ2v) is 4.13. The summed E-state index contributed by atoms with van der Waals surface area (Å²) in [6.07, 6.45) is 1.52. The molecule has 0 saturated heterocycles. The van der Waals surface area contributed by atoms with Crippen molar-refractivity contribution in [3.63, 3.8) is 0 Å². The molecule has 0 aliphatic carbocycles. The fourth-order valence-electron chi connectivity index (χ4n) is 1.95. The van der Waals surface area contributed by atoms with Crippen molar-refractivity contribution < 1.29 is 14.9 Å². The van der Waals surface area contributed by atoms with Crippen LogP contribution in [0.15, 0.2) is 6.20 Å². The van der Waals surface area contributed by atoms with Gasteiger partial charge in [0.2, 0.25) is 0 Å². The predicted molar refractivity (Wildman–Crippen MR) is 64.9 cm³/mol. The van der Waals surface area contributed by atoms with Gasteiger partial charge in [-0.25, -0.2) is 0 Å². The van der Waals surface area contributed by atoms with Crippen molar-refractivity contribution in [2.45, 2.75) is 51.9 Å². The first-order valence-corrected chi connectivity index (χ1v) is 6.04. The van der Waals surface area contributed by atoms with Gasteiger partial charge in [-0.3, -0.25) is 4.68 Å². The highest BCUT2D eigenvalue weighted by atomic mass is 16.5. The summed E-state index contributed by atoms with van der Waals surface area (Å²) >= 11 is 0. The van der Waals surface area contributed by atoms with E-state index in [0.29, 0.717) is 30.8 Å². The third kappa shape index (κ3) is 2.45. The first kappa shape index (κ1) is 14.0. The zero-order chi connectivity index (χ0) is 13.1. The van der Waals surface area contributed by atoms with Crippen molar-refractivity contribution in [2.75, 3.05) is 7.11 Å². The number of nitrogens with zero attached hydrogens (tertiary/aromatic N) is 2. The molecular weight excluding hydrogens is 220 g/mol. The van der Waals surface area contributed by atoms with Crippen LogP contribution in [0.5, 0.6) is 5.75 Å². The molecule has 0 aliphatic rings. The van der Waals surface area contributed by atoms with Gasteiger partial charge < -0.3 is 14.9 Å². The molecular formula is C12H22N2O3. The zero-order valence-electron chi connectivity index (χ0n) is 11.0. The van der Waals surface area contributed by atoms with Crippen molar-refractivity contribution in [2.24, 2.45) is 0 Å². The summed E-state index contributed by atoms with van der Waals surface area (Å²) in [6, 6.07) is 0. The van der Waals surface area contributed by atoms with Crippen molar-refractivity contribution in [3.8, 4) is 5.75 Å². The topological polar surface area (TPSA) is 67.5 Å². The molecule has 0 aromatic carbocycles. The van der Waals surface area contributed by atoms with E-state index in [2.05, 4.69) is 5.10 Å². The van der Waals surface area contributed by atoms with Gasteiger partial charge in [-0.15, -0.1) is 0 Å². The number of hydrogen-bond acceptors (Lipinski definition) is 4. The van der Waals surface area contributed by atoms with E-state index in [9.17, 15) is 10.2 Å². The van der Waals surface area contributed by atoms with Crippen LogP contribution in [0.25, 0.3) is 0 Å². The summed E-state index contributed by atoms with van der Waals surface area (Å²) in [7, 11) is 1.53. The third-order valence-electron chi connectivity index (χ3n) is 3.36. The number of methoxy groups -OCH3 is 1. The molecule has 0 aliphatic heterocycles. The molecule has 0 spiro atoms. The van der Waals surface area contributed by atoms with Gasteiger partial charge in [0.1, 0.15) is 11.8 Å². The van der Waals surface area contributed by atoms with E-state index < -0.39 is 11.7 Å². The molecule has 98 valence electrons. The van der Waals surface area contributed by atoms with Gasteiger partial charge in [-0.05, 0) is 19.8 Å². The maximum atomic E-state index is 10.4. The Morgan fingerprint density at radius 3 is 2.41 bits per heavy atom. The Kier molecular flexibility index (Phi) is 4.54. The number of aliphatic hydroxyl groups is 2. The number of ether oxygens (including phenoxy) is 1. The molecule has 0 bridgehead atoms. The number of hydrogen-bond donors (Lipinski definition) is 2. The minimum Gasteiger partial charge on any atom is -0.493 e. The smallest absolute Gasteiger partial charge is 0.162 e. The van der Waals surface area contributed by atoms with Gasteiger partial charge in [0, 0.05) is 6.54 Å². The molecule has 1 aromatic rings. The number of aliphatic hydroxyl groups excluding tert-OH is 1. The largest absolute Gasteiger partial charge is 0.493 e. The maximum absolute atomic E-state index is 10.4. The molecule has 17 heavy (non-hydrogen) atoms. The fourth-order valence-corrected chi connectivity index (χ4v) is 1.95. The zero-order valence-corrected chi connectivity index (χ0v) is 11.0. The highest BCUT2D eigenvalue weighted by Gasteiger charge is 2.37. The molecule has 5 heteroatoms. The van der Waals surface area contributed by atoms with E-state index in [0.717, 1.165) is 0 Å². The monoisotopic (exact) mass is 242 g/mol. The summed E-state index contributed by atoms with van der Waals surface area (Å²) in [4.78, 5) is 0. The Morgan fingerprint density at radius 2 is 2.00 bits per heavy atom. The first-order valence-electron chi connectivity index (χ1n) is 6.04. The van der Waals surface area contributed by atoms with Crippen molar-refractivity contribution in [1.29, 1.82) is 0 Å². The molecule has 1 unspecified atom stereocenters. The predicted octanol–water partition coefficient (Wildman–Crippen LogP) is 1.50. The summed E-state index contributed by atoms with van der Waals surface area (Å²) in [5.41, 5.74) is -0.596. The number of rotatable bonds is 6. The molecule has 1 atom stereocenters. The van der Waals surface area contributed by atoms with Crippen molar-refractivity contribution >= 4 is 0 Å². The second kappa shape index (κ2) is 5.51. The molecule has 1 heterocycles. The summed E-state index contributed by atoms with van der Waals surface area (Å²) < 4.78 is 6.83. The van der Waals surface area contributed by atoms with Crippen LogP contribution in [-0.2, 0) is 6.54 Å². The minimum absolute atomic E-state index is 0.475. The van der Waals surface area contributed by atoms with Crippen LogP contribution >= 0.6 is 0 Å². The van der Waals surface area contributed by atoms with Gasteiger partial charge in [0.15, 0.2) is 5.75 Å². The molecule has 0 saturated carbocycles. The number of aryl methyl sites for hydroxylation is 1. The fraction of sp³-hybridized carbons (Fsp3) is 0.750. The van der Waals surface area contributed by atoms with Crippen LogP contribution in [0.4, 0.5) is 0 Å². The van der Waals surface area contributed by atoms with Crippen LogP contribution in [0, 0.1) is 0 Å². The Hall–Kier alpha value is -1.07. The van der Waals surface area contributed by atoms with Crippen molar-refractivity contribution in [1.82, 2.24) is 9.78 Å².